The highest BCUT2D eigenvalue weighted by Gasteiger charge is 2.33. The monoisotopic (exact) mass is 277 g/mol. The Morgan fingerprint density at radius 1 is 1.35 bits per heavy atom. The SMILES string of the molecule is CC(C)(C)O[C@H](C(=O)N1CC[C@H](O)C1)c1ccccc1. The molecule has 1 amide bonds. The Kier molecular flexibility index (Phi) is 4.45. The van der Waals surface area contributed by atoms with Gasteiger partial charge in [-0.25, -0.2) is 0 Å². The normalized spacial score (nSPS) is 21.0. The van der Waals surface area contributed by atoms with E-state index in [2.05, 4.69) is 0 Å². The van der Waals surface area contributed by atoms with Crippen LogP contribution in [0.5, 0.6) is 0 Å². The van der Waals surface area contributed by atoms with Crippen LogP contribution < -0.4 is 0 Å². The van der Waals surface area contributed by atoms with Gasteiger partial charge in [0.2, 0.25) is 0 Å². The number of hydrogen-bond donors (Lipinski definition) is 1. The molecule has 0 radical (unpaired) electrons. The highest BCUT2D eigenvalue weighted by Crippen LogP contribution is 2.27. The van der Waals surface area contributed by atoms with Crippen LogP contribution in [0.1, 0.15) is 38.9 Å². The Morgan fingerprint density at radius 3 is 2.50 bits per heavy atom. The molecule has 0 bridgehead atoms. The van der Waals surface area contributed by atoms with Crippen LogP contribution in [0.3, 0.4) is 0 Å². The lowest BCUT2D eigenvalue weighted by molar-refractivity contribution is -0.153. The fraction of sp³-hybridized carbons (Fsp3) is 0.562. The van der Waals surface area contributed by atoms with Gasteiger partial charge in [0.05, 0.1) is 11.7 Å². The Hall–Kier alpha value is -1.39. The summed E-state index contributed by atoms with van der Waals surface area (Å²) in [5, 5.41) is 9.60. The molecule has 1 aromatic rings. The molecule has 0 aromatic heterocycles. The van der Waals surface area contributed by atoms with Gasteiger partial charge in [-0.3, -0.25) is 4.79 Å². The minimum atomic E-state index is -0.610. The number of carbonyl (C=O) groups excluding carboxylic acids is 1. The number of likely N-dealkylation sites (tertiary alicyclic amines) is 1. The standard InChI is InChI=1S/C16H23NO3/c1-16(2,3)20-14(12-7-5-4-6-8-12)15(19)17-10-9-13(18)11-17/h4-8,13-14,18H,9-11H2,1-3H3/t13-,14-/m0/s1. The van der Waals surface area contributed by atoms with Crippen molar-refractivity contribution in [3.8, 4) is 0 Å². The molecule has 1 heterocycles. The Morgan fingerprint density at radius 2 is 2.00 bits per heavy atom. The minimum Gasteiger partial charge on any atom is -0.391 e. The lowest BCUT2D eigenvalue weighted by Crippen LogP contribution is -2.38. The third-order valence-corrected chi connectivity index (χ3v) is 3.27. The third-order valence-electron chi connectivity index (χ3n) is 3.27. The van der Waals surface area contributed by atoms with Crippen LogP contribution >= 0.6 is 0 Å². The van der Waals surface area contributed by atoms with E-state index in [0.717, 1.165) is 5.56 Å². The molecule has 4 nitrogen and oxygen atoms in total. The second-order valence-electron chi connectivity index (χ2n) is 6.25. The van der Waals surface area contributed by atoms with E-state index in [0.29, 0.717) is 19.5 Å². The molecule has 20 heavy (non-hydrogen) atoms. The van der Waals surface area contributed by atoms with Gasteiger partial charge in [0.15, 0.2) is 6.10 Å². The molecule has 0 saturated carbocycles. The minimum absolute atomic E-state index is 0.0670. The number of nitrogens with zero attached hydrogens (tertiary/aromatic N) is 1. The number of aliphatic hydroxyl groups is 1. The van der Waals surface area contributed by atoms with Gasteiger partial charge in [-0.2, -0.15) is 0 Å². The number of benzene rings is 1. The van der Waals surface area contributed by atoms with Crippen LogP contribution in [0.15, 0.2) is 30.3 Å². The van der Waals surface area contributed by atoms with E-state index in [9.17, 15) is 9.90 Å². The van der Waals surface area contributed by atoms with Gasteiger partial charge >= 0.3 is 0 Å². The van der Waals surface area contributed by atoms with Crippen molar-refractivity contribution >= 4 is 5.91 Å². The van der Waals surface area contributed by atoms with Crippen molar-refractivity contribution in [2.75, 3.05) is 13.1 Å². The maximum absolute atomic E-state index is 12.7. The molecule has 1 aromatic carbocycles. The molecule has 0 spiro atoms. The summed E-state index contributed by atoms with van der Waals surface area (Å²) in [6, 6.07) is 9.53. The van der Waals surface area contributed by atoms with E-state index in [1.165, 1.54) is 0 Å². The average Bonchev–Trinajstić information content (AvgIpc) is 2.82. The van der Waals surface area contributed by atoms with Gasteiger partial charge in [-0.1, -0.05) is 30.3 Å². The van der Waals surface area contributed by atoms with E-state index < -0.39 is 17.8 Å². The summed E-state index contributed by atoms with van der Waals surface area (Å²) >= 11 is 0. The molecular formula is C16H23NO3. The van der Waals surface area contributed by atoms with E-state index in [4.69, 9.17) is 4.74 Å². The maximum atomic E-state index is 12.7. The van der Waals surface area contributed by atoms with E-state index in [-0.39, 0.29) is 5.91 Å². The highest BCUT2D eigenvalue weighted by atomic mass is 16.5. The quantitative estimate of drug-likeness (QED) is 0.921. The van der Waals surface area contributed by atoms with Crippen molar-refractivity contribution in [2.45, 2.75) is 45.0 Å². The topological polar surface area (TPSA) is 49.8 Å². The van der Waals surface area contributed by atoms with Gasteiger partial charge in [-0.05, 0) is 32.8 Å². The van der Waals surface area contributed by atoms with Crippen molar-refractivity contribution in [1.82, 2.24) is 4.90 Å². The maximum Gasteiger partial charge on any atom is 0.256 e. The summed E-state index contributed by atoms with van der Waals surface area (Å²) in [6.45, 7) is 6.81. The fourth-order valence-electron chi connectivity index (χ4n) is 2.35. The Balaban J connectivity index is 2.20. The number of aliphatic hydroxyl groups excluding tert-OH is 1. The summed E-state index contributed by atoms with van der Waals surface area (Å²) < 4.78 is 5.96. The average molecular weight is 277 g/mol. The number of hydrogen-bond acceptors (Lipinski definition) is 3. The molecule has 2 atom stereocenters. The molecule has 1 fully saturated rings. The van der Waals surface area contributed by atoms with Crippen LogP contribution in [-0.2, 0) is 9.53 Å². The zero-order chi connectivity index (χ0) is 14.8. The van der Waals surface area contributed by atoms with Gasteiger partial charge in [0.1, 0.15) is 0 Å². The Labute approximate surface area is 120 Å². The van der Waals surface area contributed by atoms with Gasteiger partial charge in [0.25, 0.3) is 5.91 Å². The Bertz CT molecular complexity index is 453. The number of carbonyl (C=O) groups is 1. The number of ether oxygens (including phenoxy) is 1. The van der Waals surface area contributed by atoms with Crippen LogP contribution in [0.2, 0.25) is 0 Å². The van der Waals surface area contributed by atoms with E-state index >= 15 is 0 Å². The molecule has 1 aliphatic heterocycles. The summed E-state index contributed by atoms with van der Waals surface area (Å²) in [7, 11) is 0. The zero-order valence-corrected chi connectivity index (χ0v) is 12.4. The lowest BCUT2D eigenvalue weighted by atomic mass is 10.1. The third kappa shape index (κ3) is 3.81. The second-order valence-corrected chi connectivity index (χ2v) is 6.25. The number of amides is 1. The van der Waals surface area contributed by atoms with Crippen LogP contribution in [0, 0.1) is 0 Å². The lowest BCUT2D eigenvalue weighted by Gasteiger charge is -2.30. The van der Waals surface area contributed by atoms with Crippen molar-refractivity contribution in [3.05, 3.63) is 35.9 Å². The van der Waals surface area contributed by atoms with Crippen molar-refractivity contribution in [1.29, 1.82) is 0 Å². The molecule has 2 rings (SSSR count). The molecule has 1 saturated heterocycles. The zero-order valence-electron chi connectivity index (χ0n) is 12.4. The van der Waals surface area contributed by atoms with Crippen LogP contribution in [0.4, 0.5) is 0 Å². The van der Waals surface area contributed by atoms with Gasteiger partial charge in [0, 0.05) is 13.1 Å². The number of rotatable bonds is 3. The predicted octanol–water partition coefficient (Wildman–Crippen LogP) is 2.14. The van der Waals surface area contributed by atoms with E-state index in [1.807, 2.05) is 51.1 Å². The summed E-state index contributed by atoms with van der Waals surface area (Å²) in [5.41, 5.74) is 0.447. The first-order chi connectivity index (χ1) is 9.37. The van der Waals surface area contributed by atoms with E-state index in [1.54, 1.807) is 4.90 Å². The molecule has 0 aliphatic carbocycles. The molecule has 1 aliphatic rings. The van der Waals surface area contributed by atoms with Gasteiger partial charge in [-0.15, -0.1) is 0 Å². The van der Waals surface area contributed by atoms with Gasteiger partial charge < -0.3 is 14.7 Å². The van der Waals surface area contributed by atoms with Crippen LogP contribution in [0.25, 0.3) is 0 Å². The first-order valence-corrected chi connectivity index (χ1v) is 7.06. The van der Waals surface area contributed by atoms with Crippen molar-refractivity contribution < 1.29 is 14.6 Å². The molecule has 110 valence electrons. The first kappa shape index (κ1) is 15.0. The van der Waals surface area contributed by atoms with Crippen LogP contribution in [-0.4, -0.2) is 40.7 Å². The molecule has 4 heteroatoms. The second kappa shape index (κ2) is 5.94. The molecule has 1 N–H and O–H groups in total. The largest absolute Gasteiger partial charge is 0.391 e. The van der Waals surface area contributed by atoms with Crippen molar-refractivity contribution in [2.24, 2.45) is 0 Å². The summed E-state index contributed by atoms with van der Waals surface area (Å²) in [6.07, 6.45) is -0.380. The molecular weight excluding hydrogens is 254 g/mol. The van der Waals surface area contributed by atoms with Crippen molar-refractivity contribution in [3.63, 3.8) is 0 Å². The smallest absolute Gasteiger partial charge is 0.256 e. The first-order valence-electron chi connectivity index (χ1n) is 7.06. The fourth-order valence-corrected chi connectivity index (χ4v) is 2.35. The highest BCUT2D eigenvalue weighted by molar-refractivity contribution is 5.82. The molecule has 0 unspecified atom stereocenters. The summed E-state index contributed by atoms with van der Waals surface area (Å²) in [4.78, 5) is 14.3. The number of β-amino-alcohol motifs (C(OH)–C–C–N with tert-alkyl or cyclic N) is 1. The predicted molar refractivity (Wildman–Crippen MR) is 77.2 cm³/mol. The summed E-state index contributed by atoms with van der Waals surface area (Å²) in [5.74, 6) is -0.0670.